The lowest BCUT2D eigenvalue weighted by Crippen LogP contribution is -2.25. The molecule has 1 aliphatic heterocycles. The van der Waals surface area contributed by atoms with E-state index in [0.29, 0.717) is 16.3 Å². The highest BCUT2D eigenvalue weighted by molar-refractivity contribution is 6.30. The number of anilines is 1. The third-order valence-electron chi connectivity index (χ3n) is 2.35. The van der Waals surface area contributed by atoms with Crippen molar-refractivity contribution >= 4 is 29.0 Å². The minimum absolute atomic E-state index is 0.0369. The van der Waals surface area contributed by atoms with Gasteiger partial charge in [-0.25, -0.2) is 0 Å². The van der Waals surface area contributed by atoms with Gasteiger partial charge in [-0.2, -0.15) is 5.26 Å². The van der Waals surface area contributed by atoms with Crippen molar-refractivity contribution in [1.82, 2.24) is 0 Å². The van der Waals surface area contributed by atoms with Gasteiger partial charge in [0.05, 0.1) is 24.2 Å². The molecule has 0 aliphatic carbocycles. The van der Waals surface area contributed by atoms with Crippen molar-refractivity contribution in [2.45, 2.75) is 6.42 Å². The maximum atomic E-state index is 11.5. The van der Waals surface area contributed by atoms with Crippen LogP contribution in [-0.4, -0.2) is 18.2 Å². The maximum absolute atomic E-state index is 11.5. The van der Waals surface area contributed by atoms with Crippen LogP contribution in [0.25, 0.3) is 0 Å². The lowest BCUT2D eigenvalue weighted by Gasteiger charge is -2.16. The summed E-state index contributed by atoms with van der Waals surface area (Å²) in [5, 5.41) is 9.35. The summed E-state index contributed by atoms with van der Waals surface area (Å²) in [5.41, 5.74) is 0.748. The van der Waals surface area contributed by atoms with Crippen LogP contribution in [0.2, 0.25) is 5.02 Å². The molecule has 0 aromatic heterocycles. The normalized spacial score (nSPS) is 15.4. The number of halogens is 1. The molecule has 0 atom stereocenters. The lowest BCUT2D eigenvalue weighted by atomic mass is 10.2. The molecule has 1 aliphatic rings. The van der Waals surface area contributed by atoms with Gasteiger partial charge in [0, 0.05) is 5.02 Å². The fourth-order valence-electron chi connectivity index (χ4n) is 1.64. The number of nitrogens with zero attached hydrogens (tertiary/aromatic N) is 2. The van der Waals surface area contributed by atoms with Crippen molar-refractivity contribution < 1.29 is 9.59 Å². The second-order valence-electron chi connectivity index (χ2n) is 3.47. The number of Topliss-reactive ketones (excluding diaryl/α,β-unsaturated/α-hetero) is 1. The molecule has 1 aromatic carbocycles. The molecule has 1 fully saturated rings. The van der Waals surface area contributed by atoms with E-state index in [0.717, 1.165) is 0 Å². The van der Waals surface area contributed by atoms with E-state index in [2.05, 4.69) is 0 Å². The third-order valence-corrected chi connectivity index (χ3v) is 2.59. The van der Waals surface area contributed by atoms with Crippen molar-refractivity contribution in [2.24, 2.45) is 0 Å². The predicted molar refractivity (Wildman–Crippen MR) is 58.1 cm³/mol. The van der Waals surface area contributed by atoms with Crippen molar-refractivity contribution in [3.05, 3.63) is 28.8 Å². The summed E-state index contributed by atoms with van der Waals surface area (Å²) in [4.78, 5) is 23.9. The second-order valence-corrected chi connectivity index (χ2v) is 3.91. The lowest BCUT2D eigenvalue weighted by molar-refractivity contribution is -0.121. The summed E-state index contributed by atoms with van der Waals surface area (Å²) in [7, 11) is 0. The number of ketones is 1. The molecule has 0 N–H and O–H groups in total. The largest absolute Gasteiger partial charge is 0.303 e. The molecule has 0 radical (unpaired) electrons. The fraction of sp³-hybridized carbons (Fsp3) is 0.182. The third kappa shape index (κ3) is 1.77. The number of carbonyl (C=O) groups excluding carboxylic acids is 2. The minimum atomic E-state index is -0.274. The summed E-state index contributed by atoms with van der Waals surface area (Å²) in [6, 6.07) is 6.61. The second kappa shape index (κ2) is 3.95. The Hall–Kier alpha value is -1.86. The molecule has 4 nitrogen and oxygen atoms in total. The van der Waals surface area contributed by atoms with Gasteiger partial charge in [-0.3, -0.25) is 9.59 Å². The van der Waals surface area contributed by atoms with Crippen LogP contribution in [0.1, 0.15) is 12.0 Å². The Kier molecular flexibility index (Phi) is 2.63. The van der Waals surface area contributed by atoms with E-state index < -0.39 is 0 Å². The molecule has 5 heteroatoms. The van der Waals surface area contributed by atoms with Gasteiger partial charge in [0.2, 0.25) is 5.91 Å². The summed E-state index contributed by atoms with van der Waals surface area (Å²) >= 11 is 5.75. The minimum Gasteiger partial charge on any atom is -0.303 e. The number of benzene rings is 1. The first-order valence-electron chi connectivity index (χ1n) is 4.63. The summed E-state index contributed by atoms with van der Waals surface area (Å²) in [6.07, 6.45) is -0.0898. The van der Waals surface area contributed by atoms with Gasteiger partial charge in [0.1, 0.15) is 6.07 Å². The Morgan fingerprint density at radius 3 is 2.69 bits per heavy atom. The van der Waals surface area contributed by atoms with Crippen LogP contribution in [0.15, 0.2) is 18.2 Å². The number of hydrogen-bond donors (Lipinski definition) is 0. The van der Waals surface area contributed by atoms with E-state index in [1.165, 1.54) is 11.0 Å². The maximum Gasteiger partial charge on any atom is 0.234 e. The van der Waals surface area contributed by atoms with Gasteiger partial charge in [-0.15, -0.1) is 0 Å². The van der Waals surface area contributed by atoms with Crippen molar-refractivity contribution in [1.29, 1.82) is 5.26 Å². The van der Waals surface area contributed by atoms with E-state index in [1.54, 1.807) is 12.1 Å². The Morgan fingerprint density at radius 1 is 1.38 bits per heavy atom. The Morgan fingerprint density at radius 2 is 2.12 bits per heavy atom. The molecule has 1 amide bonds. The van der Waals surface area contributed by atoms with Crippen LogP contribution in [0, 0.1) is 11.3 Å². The molecule has 0 spiro atoms. The first kappa shape index (κ1) is 10.7. The molecule has 1 saturated heterocycles. The molecule has 0 bridgehead atoms. The van der Waals surface area contributed by atoms with E-state index in [9.17, 15) is 9.59 Å². The SMILES string of the molecule is N#Cc1cc(Cl)ccc1N1CC(=O)CC1=O. The smallest absolute Gasteiger partial charge is 0.234 e. The van der Waals surface area contributed by atoms with Crippen LogP contribution in [0.4, 0.5) is 5.69 Å². The van der Waals surface area contributed by atoms with Gasteiger partial charge in [0.15, 0.2) is 5.78 Å². The predicted octanol–water partition coefficient (Wildman–Crippen LogP) is 1.52. The molecular formula is C11H7ClN2O2. The van der Waals surface area contributed by atoms with E-state index in [-0.39, 0.29) is 24.7 Å². The standard InChI is InChI=1S/C11H7ClN2O2/c12-8-1-2-10(7(3-8)5-13)14-6-9(15)4-11(14)16/h1-3H,4,6H2. The average Bonchev–Trinajstić information content (AvgIpc) is 2.57. The zero-order valence-corrected chi connectivity index (χ0v) is 8.99. The average molecular weight is 235 g/mol. The summed E-state index contributed by atoms with van der Waals surface area (Å²) < 4.78 is 0. The fourth-order valence-corrected chi connectivity index (χ4v) is 1.81. The number of rotatable bonds is 1. The number of hydrogen-bond acceptors (Lipinski definition) is 3. The molecule has 2 rings (SSSR count). The number of carbonyl (C=O) groups is 2. The zero-order valence-electron chi connectivity index (χ0n) is 8.24. The van der Waals surface area contributed by atoms with Gasteiger partial charge < -0.3 is 4.90 Å². The van der Waals surface area contributed by atoms with Crippen LogP contribution >= 0.6 is 11.6 Å². The van der Waals surface area contributed by atoms with E-state index >= 15 is 0 Å². The first-order valence-corrected chi connectivity index (χ1v) is 5.01. The molecule has 0 unspecified atom stereocenters. The van der Waals surface area contributed by atoms with Crippen molar-refractivity contribution in [3.8, 4) is 6.07 Å². The Bertz CT molecular complexity index is 519. The Balaban J connectivity index is 2.45. The molecular weight excluding hydrogens is 228 g/mol. The highest BCUT2D eigenvalue weighted by atomic mass is 35.5. The van der Waals surface area contributed by atoms with Gasteiger partial charge in [-0.05, 0) is 18.2 Å². The highest BCUT2D eigenvalue weighted by Gasteiger charge is 2.29. The monoisotopic (exact) mass is 234 g/mol. The van der Waals surface area contributed by atoms with Crippen LogP contribution in [0.5, 0.6) is 0 Å². The van der Waals surface area contributed by atoms with E-state index in [1.807, 2.05) is 6.07 Å². The van der Waals surface area contributed by atoms with Crippen LogP contribution in [0.3, 0.4) is 0 Å². The van der Waals surface area contributed by atoms with Crippen LogP contribution in [-0.2, 0) is 9.59 Å². The van der Waals surface area contributed by atoms with Gasteiger partial charge in [0.25, 0.3) is 0 Å². The van der Waals surface area contributed by atoms with Crippen LogP contribution < -0.4 is 4.90 Å². The zero-order chi connectivity index (χ0) is 11.7. The molecule has 0 saturated carbocycles. The number of amides is 1. The summed E-state index contributed by atoms with van der Waals surface area (Å²) in [5.74, 6) is -0.410. The topological polar surface area (TPSA) is 61.2 Å². The highest BCUT2D eigenvalue weighted by Crippen LogP contribution is 2.26. The summed E-state index contributed by atoms with van der Waals surface area (Å²) in [6.45, 7) is 0.0369. The molecule has 80 valence electrons. The number of nitriles is 1. The van der Waals surface area contributed by atoms with Gasteiger partial charge >= 0.3 is 0 Å². The van der Waals surface area contributed by atoms with E-state index in [4.69, 9.17) is 16.9 Å². The first-order chi connectivity index (χ1) is 7.61. The quantitative estimate of drug-likeness (QED) is 0.692. The van der Waals surface area contributed by atoms with Gasteiger partial charge in [-0.1, -0.05) is 11.6 Å². The Labute approximate surface area is 97.0 Å². The molecule has 1 aromatic rings. The molecule has 1 heterocycles. The van der Waals surface area contributed by atoms with Crippen molar-refractivity contribution in [2.75, 3.05) is 11.4 Å². The van der Waals surface area contributed by atoms with Crippen molar-refractivity contribution in [3.63, 3.8) is 0 Å². The molecule has 16 heavy (non-hydrogen) atoms.